The van der Waals surface area contributed by atoms with E-state index in [4.69, 9.17) is 0 Å². The zero-order valence-electron chi connectivity index (χ0n) is 13.2. The molecule has 0 bridgehead atoms. The van der Waals surface area contributed by atoms with E-state index in [1.54, 1.807) is 5.57 Å². The monoisotopic (exact) mass is 274 g/mol. The summed E-state index contributed by atoms with van der Waals surface area (Å²) >= 11 is 0. The Morgan fingerprint density at radius 3 is 2.80 bits per heavy atom. The molecule has 3 rings (SSSR count). The lowest BCUT2D eigenvalue weighted by molar-refractivity contribution is -0.0168. The molecule has 3 aliphatic carbocycles. The number of hydrogen-bond donors (Lipinski definition) is 1. The van der Waals surface area contributed by atoms with Gasteiger partial charge in [-0.3, -0.25) is 0 Å². The first-order valence-corrected chi connectivity index (χ1v) is 8.48. The molecule has 3 unspecified atom stereocenters. The molecule has 2 saturated carbocycles. The van der Waals surface area contributed by atoms with Crippen LogP contribution in [-0.4, -0.2) is 11.7 Å². The third kappa shape index (κ3) is 2.01. The fourth-order valence-corrected chi connectivity index (χ4v) is 5.49. The van der Waals surface area contributed by atoms with E-state index in [0.717, 1.165) is 11.8 Å². The van der Waals surface area contributed by atoms with Crippen molar-refractivity contribution in [3.8, 4) is 0 Å². The molecule has 0 spiro atoms. The normalized spacial score (nSPS) is 48.0. The Labute approximate surface area is 124 Å². The summed E-state index contributed by atoms with van der Waals surface area (Å²) in [5.41, 5.74) is 2.20. The zero-order valence-corrected chi connectivity index (χ0v) is 13.2. The second-order valence-electron chi connectivity index (χ2n) is 8.00. The predicted molar refractivity (Wildman–Crippen MR) is 84.4 cm³/mol. The summed E-state index contributed by atoms with van der Waals surface area (Å²) in [5.74, 6) is 2.16. The summed E-state index contributed by atoms with van der Waals surface area (Å²) in [6, 6.07) is 0. The average molecular weight is 274 g/mol. The lowest BCUT2D eigenvalue weighted by Crippen LogP contribution is -2.47. The molecule has 1 nitrogen and oxygen atoms in total. The first kappa shape index (κ1) is 14.4. The molecule has 0 saturated heterocycles. The van der Waals surface area contributed by atoms with E-state index in [1.807, 2.05) is 0 Å². The van der Waals surface area contributed by atoms with Gasteiger partial charge in [0, 0.05) is 6.61 Å². The Balaban J connectivity index is 1.93. The average Bonchev–Trinajstić information content (AvgIpc) is 2.48. The molecular weight excluding hydrogens is 244 g/mol. The highest BCUT2D eigenvalue weighted by molar-refractivity contribution is 5.25. The second kappa shape index (κ2) is 5.02. The Morgan fingerprint density at radius 2 is 2.10 bits per heavy atom. The lowest BCUT2D eigenvalue weighted by atomic mass is 9.50. The third-order valence-corrected chi connectivity index (χ3v) is 6.93. The van der Waals surface area contributed by atoms with Crippen LogP contribution in [0, 0.1) is 28.6 Å². The van der Waals surface area contributed by atoms with Crippen molar-refractivity contribution in [2.75, 3.05) is 6.61 Å². The molecule has 0 aromatic heterocycles. The van der Waals surface area contributed by atoms with Crippen LogP contribution >= 0.6 is 0 Å². The largest absolute Gasteiger partial charge is 0.396 e. The van der Waals surface area contributed by atoms with E-state index in [9.17, 15) is 5.11 Å². The van der Waals surface area contributed by atoms with Crippen molar-refractivity contribution in [1.82, 2.24) is 0 Å². The van der Waals surface area contributed by atoms with Gasteiger partial charge < -0.3 is 5.11 Å². The van der Waals surface area contributed by atoms with Gasteiger partial charge in [0.15, 0.2) is 0 Å². The van der Waals surface area contributed by atoms with Gasteiger partial charge in [0.2, 0.25) is 0 Å². The first-order valence-electron chi connectivity index (χ1n) is 8.48. The van der Waals surface area contributed by atoms with Crippen LogP contribution in [0.3, 0.4) is 0 Å². The lowest BCUT2D eigenvalue weighted by Gasteiger charge is -2.55. The van der Waals surface area contributed by atoms with Gasteiger partial charge in [-0.2, -0.15) is 0 Å². The van der Waals surface area contributed by atoms with E-state index >= 15 is 0 Å². The standard InChI is InChI=1S/C19H30O/c1-4-18(2)11-5-7-14-15-8-6-12-19(3,13-20)17(15)10-9-16(14)18/h4,7,15-17,20H,1,5-6,8-13H2,2-3H3/t15?,16?,17?,18-,19-/m0/s1. The molecule has 0 aromatic carbocycles. The summed E-state index contributed by atoms with van der Waals surface area (Å²) in [7, 11) is 0. The highest BCUT2D eigenvalue weighted by atomic mass is 16.3. The van der Waals surface area contributed by atoms with Gasteiger partial charge in [-0.05, 0) is 67.1 Å². The van der Waals surface area contributed by atoms with E-state index < -0.39 is 0 Å². The summed E-state index contributed by atoms with van der Waals surface area (Å²) in [5, 5.41) is 9.90. The molecule has 20 heavy (non-hydrogen) atoms. The fourth-order valence-electron chi connectivity index (χ4n) is 5.49. The van der Waals surface area contributed by atoms with Crippen molar-refractivity contribution in [2.45, 2.75) is 58.8 Å². The minimum atomic E-state index is 0.163. The quantitative estimate of drug-likeness (QED) is 0.722. The molecule has 0 heterocycles. The number of hydrogen-bond acceptors (Lipinski definition) is 1. The molecule has 0 aliphatic heterocycles. The molecule has 112 valence electrons. The van der Waals surface area contributed by atoms with E-state index in [0.29, 0.717) is 17.9 Å². The highest BCUT2D eigenvalue weighted by Crippen LogP contribution is 2.59. The van der Waals surface area contributed by atoms with Crippen LogP contribution in [0.1, 0.15) is 58.8 Å². The van der Waals surface area contributed by atoms with Gasteiger partial charge in [0.05, 0.1) is 0 Å². The molecule has 1 heteroatoms. The number of rotatable bonds is 2. The second-order valence-corrected chi connectivity index (χ2v) is 8.00. The molecule has 2 fully saturated rings. The van der Waals surface area contributed by atoms with Gasteiger partial charge in [0.1, 0.15) is 0 Å². The Kier molecular flexibility index (Phi) is 3.61. The minimum absolute atomic E-state index is 0.163. The van der Waals surface area contributed by atoms with E-state index in [-0.39, 0.29) is 5.41 Å². The van der Waals surface area contributed by atoms with Crippen molar-refractivity contribution in [2.24, 2.45) is 28.6 Å². The summed E-state index contributed by atoms with van der Waals surface area (Å²) in [6.45, 7) is 9.22. The van der Waals surface area contributed by atoms with Crippen LogP contribution in [0.2, 0.25) is 0 Å². The maximum Gasteiger partial charge on any atom is 0.0487 e. The summed E-state index contributed by atoms with van der Waals surface area (Å²) in [6.07, 6.45) is 13.7. The maximum atomic E-state index is 9.90. The zero-order chi connectivity index (χ0) is 14.4. The Hall–Kier alpha value is -0.560. The number of fused-ring (bicyclic) bond motifs is 3. The molecule has 1 N–H and O–H groups in total. The van der Waals surface area contributed by atoms with Crippen LogP contribution in [0.4, 0.5) is 0 Å². The summed E-state index contributed by atoms with van der Waals surface area (Å²) in [4.78, 5) is 0. The van der Waals surface area contributed by atoms with Crippen molar-refractivity contribution in [1.29, 1.82) is 0 Å². The molecule has 0 radical (unpaired) electrons. The van der Waals surface area contributed by atoms with Crippen LogP contribution in [0.5, 0.6) is 0 Å². The summed E-state index contributed by atoms with van der Waals surface area (Å²) < 4.78 is 0. The van der Waals surface area contributed by atoms with Gasteiger partial charge in [-0.25, -0.2) is 0 Å². The van der Waals surface area contributed by atoms with Crippen LogP contribution < -0.4 is 0 Å². The number of aliphatic hydroxyl groups excluding tert-OH is 1. The van der Waals surface area contributed by atoms with Gasteiger partial charge in [-0.15, -0.1) is 6.58 Å². The SMILES string of the molecule is C=C[C@@]1(C)CCC=C2C3CCC[C@@](C)(CO)C3CCC21. The van der Waals surface area contributed by atoms with Gasteiger partial charge in [-0.1, -0.05) is 38.0 Å². The molecule has 3 aliphatic rings. The minimum Gasteiger partial charge on any atom is -0.396 e. The van der Waals surface area contributed by atoms with Crippen molar-refractivity contribution >= 4 is 0 Å². The van der Waals surface area contributed by atoms with Crippen LogP contribution in [-0.2, 0) is 0 Å². The van der Waals surface area contributed by atoms with Crippen LogP contribution in [0.25, 0.3) is 0 Å². The smallest absolute Gasteiger partial charge is 0.0487 e. The molecule has 0 amide bonds. The van der Waals surface area contributed by atoms with Gasteiger partial charge in [0.25, 0.3) is 0 Å². The van der Waals surface area contributed by atoms with Crippen LogP contribution in [0.15, 0.2) is 24.3 Å². The number of allylic oxidation sites excluding steroid dienone is 3. The van der Waals surface area contributed by atoms with Crippen molar-refractivity contribution in [3.63, 3.8) is 0 Å². The van der Waals surface area contributed by atoms with E-state index in [1.165, 1.54) is 44.9 Å². The molecule has 5 atom stereocenters. The maximum absolute atomic E-state index is 9.90. The van der Waals surface area contributed by atoms with Crippen molar-refractivity contribution < 1.29 is 5.11 Å². The Bertz CT molecular complexity index is 423. The number of aliphatic hydroxyl groups is 1. The third-order valence-electron chi connectivity index (χ3n) is 6.93. The molecular formula is C19H30O. The van der Waals surface area contributed by atoms with E-state index in [2.05, 4.69) is 32.6 Å². The fraction of sp³-hybridized carbons (Fsp3) is 0.789. The topological polar surface area (TPSA) is 20.2 Å². The van der Waals surface area contributed by atoms with Gasteiger partial charge >= 0.3 is 0 Å². The highest BCUT2D eigenvalue weighted by Gasteiger charge is 2.50. The van der Waals surface area contributed by atoms with Crippen molar-refractivity contribution in [3.05, 3.63) is 24.3 Å². The predicted octanol–water partition coefficient (Wildman–Crippen LogP) is 4.72. The molecule has 0 aromatic rings. The Morgan fingerprint density at radius 1 is 1.30 bits per heavy atom. The first-order chi connectivity index (χ1) is 9.54.